The van der Waals surface area contributed by atoms with Gasteiger partial charge >= 0.3 is 0 Å². The second-order valence-electron chi connectivity index (χ2n) is 7.20. The molecule has 0 saturated carbocycles. The first-order valence-corrected chi connectivity index (χ1v) is 11.5. The van der Waals surface area contributed by atoms with E-state index in [1.165, 1.54) is 39.8 Å². The largest absolute Gasteiger partial charge is 0.325 e. The molecule has 0 atom stereocenters. The lowest BCUT2D eigenvalue weighted by molar-refractivity contribution is -0.113. The zero-order chi connectivity index (χ0) is 22.1. The molecule has 0 saturated heterocycles. The summed E-state index contributed by atoms with van der Waals surface area (Å²) >= 11 is 2.49. The van der Waals surface area contributed by atoms with Crippen molar-refractivity contribution in [2.24, 2.45) is 0 Å². The van der Waals surface area contributed by atoms with Crippen molar-refractivity contribution in [1.82, 2.24) is 9.55 Å². The normalized spacial score (nSPS) is 11.1. The Kier molecular flexibility index (Phi) is 5.93. The van der Waals surface area contributed by atoms with Gasteiger partial charge in [0.05, 0.1) is 17.0 Å². The molecule has 0 unspecified atom stereocenters. The van der Waals surface area contributed by atoms with Crippen LogP contribution >= 0.6 is 23.1 Å². The highest BCUT2D eigenvalue weighted by Crippen LogP contribution is 2.26. The van der Waals surface area contributed by atoms with E-state index in [0.29, 0.717) is 26.6 Å². The summed E-state index contributed by atoms with van der Waals surface area (Å²) < 4.78 is 15.6. The molecule has 0 aliphatic rings. The van der Waals surface area contributed by atoms with E-state index in [9.17, 15) is 14.0 Å². The third kappa shape index (κ3) is 4.26. The number of fused-ring (bicyclic) bond motifs is 1. The highest BCUT2D eigenvalue weighted by atomic mass is 32.2. The molecule has 2 heterocycles. The van der Waals surface area contributed by atoms with Gasteiger partial charge in [-0.1, -0.05) is 30.0 Å². The quantitative estimate of drug-likeness (QED) is 0.331. The van der Waals surface area contributed by atoms with Crippen molar-refractivity contribution in [2.75, 3.05) is 11.1 Å². The fourth-order valence-electron chi connectivity index (χ4n) is 3.39. The molecule has 1 N–H and O–H groups in total. The summed E-state index contributed by atoms with van der Waals surface area (Å²) in [6.07, 6.45) is 0. The van der Waals surface area contributed by atoms with Crippen LogP contribution in [0.5, 0.6) is 0 Å². The third-order valence-corrected chi connectivity index (χ3v) is 6.76. The van der Waals surface area contributed by atoms with Gasteiger partial charge in [0, 0.05) is 5.69 Å². The second kappa shape index (κ2) is 8.64. The summed E-state index contributed by atoms with van der Waals surface area (Å²) in [4.78, 5) is 30.5. The number of nitrogens with one attached hydrogen (secondary N) is 1. The van der Waals surface area contributed by atoms with Crippen LogP contribution in [0, 0.1) is 26.6 Å². The van der Waals surface area contributed by atoms with E-state index < -0.39 is 0 Å². The Labute approximate surface area is 187 Å². The number of anilines is 1. The van der Waals surface area contributed by atoms with E-state index in [2.05, 4.69) is 10.3 Å². The zero-order valence-electron chi connectivity index (χ0n) is 17.2. The summed E-state index contributed by atoms with van der Waals surface area (Å²) in [7, 11) is 0. The maximum absolute atomic E-state index is 13.6. The van der Waals surface area contributed by atoms with E-state index in [0.717, 1.165) is 16.8 Å². The van der Waals surface area contributed by atoms with Gasteiger partial charge in [-0.3, -0.25) is 14.2 Å². The minimum Gasteiger partial charge on any atom is -0.325 e. The van der Waals surface area contributed by atoms with Crippen molar-refractivity contribution in [3.05, 3.63) is 80.7 Å². The number of benzene rings is 2. The number of carbonyl (C=O) groups is 1. The number of thiophene rings is 1. The van der Waals surface area contributed by atoms with Gasteiger partial charge in [-0.15, -0.1) is 11.3 Å². The Morgan fingerprint density at radius 3 is 2.58 bits per heavy atom. The number of para-hydroxylation sites is 1. The second-order valence-corrected chi connectivity index (χ2v) is 9.06. The van der Waals surface area contributed by atoms with Crippen LogP contribution in [0.1, 0.15) is 16.7 Å². The Bertz CT molecular complexity index is 1340. The van der Waals surface area contributed by atoms with Crippen LogP contribution in [0.2, 0.25) is 0 Å². The Balaban J connectivity index is 1.68. The van der Waals surface area contributed by atoms with E-state index in [1.807, 2.05) is 37.4 Å². The molecule has 0 aliphatic carbocycles. The molecule has 0 fully saturated rings. The lowest BCUT2D eigenvalue weighted by Crippen LogP contribution is -2.23. The fourth-order valence-corrected chi connectivity index (χ4v) is 4.95. The molecule has 158 valence electrons. The Morgan fingerprint density at radius 2 is 1.87 bits per heavy atom. The number of thioether (sulfide) groups is 1. The highest BCUT2D eigenvalue weighted by molar-refractivity contribution is 7.99. The number of halogens is 1. The van der Waals surface area contributed by atoms with Crippen molar-refractivity contribution in [3.63, 3.8) is 0 Å². The van der Waals surface area contributed by atoms with Gasteiger partial charge in [-0.25, -0.2) is 9.37 Å². The average Bonchev–Trinajstić information content (AvgIpc) is 3.19. The van der Waals surface area contributed by atoms with Crippen LogP contribution in [0.3, 0.4) is 0 Å². The van der Waals surface area contributed by atoms with E-state index in [1.54, 1.807) is 19.1 Å². The smallest absolute Gasteiger partial charge is 0.276 e. The molecule has 1 amide bonds. The number of rotatable bonds is 5. The van der Waals surface area contributed by atoms with Crippen molar-refractivity contribution in [1.29, 1.82) is 0 Å². The number of aromatic nitrogens is 2. The third-order valence-electron chi connectivity index (χ3n) is 4.93. The summed E-state index contributed by atoms with van der Waals surface area (Å²) in [5.74, 6) is -0.484. The van der Waals surface area contributed by atoms with E-state index in [4.69, 9.17) is 0 Å². The van der Waals surface area contributed by atoms with E-state index >= 15 is 0 Å². The van der Waals surface area contributed by atoms with Crippen LogP contribution in [-0.4, -0.2) is 21.2 Å². The molecule has 4 aromatic rings. The van der Waals surface area contributed by atoms with Gasteiger partial charge in [0.1, 0.15) is 10.5 Å². The number of nitrogens with zero attached hydrogens (tertiary/aromatic N) is 2. The standard InChI is InChI=1S/C23H20FN3O2S2/c1-13-5-4-6-14(2)20(13)26-19(28)12-31-23-25-17-9-10-30-21(17)22(29)27(23)18-8-7-16(24)11-15(18)3/h4-11H,12H2,1-3H3,(H,26,28). The van der Waals surface area contributed by atoms with Gasteiger partial charge < -0.3 is 5.32 Å². The molecule has 5 nitrogen and oxygen atoms in total. The fraction of sp³-hybridized carbons (Fsp3) is 0.174. The van der Waals surface area contributed by atoms with Crippen LogP contribution in [0.15, 0.2) is 57.8 Å². The molecule has 31 heavy (non-hydrogen) atoms. The summed E-state index contributed by atoms with van der Waals surface area (Å²) in [5.41, 5.74) is 4.27. The molecule has 0 bridgehead atoms. The first kappa shape index (κ1) is 21.3. The van der Waals surface area contributed by atoms with Crippen molar-refractivity contribution in [3.8, 4) is 5.69 Å². The molecular weight excluding hydrogens is 433 g/mol. The summed E-state index contributed by atoms with van der Waals surface area (Å²) in [5, 5.41) is 5.15. The minimum absolute atomic E-state index is 0.0795. The number of amides is 1. The molecular formula is C23H20FN3O2S2. The van der Waals surface area contributed by atoms with Gasteiger partial charge in [0.2, 0.25) is 5.91 Å². The Morgan fingerprint density at radius 1 is 1.13 bits per heavy atom. The minimum atomic E-state index is -0.373. The molecule has 2 aromatic heterocycles. The number of hydrogen-bond donors (Lipinski definition) is 1. The number of carbonyl (C=O) groups excluding carboxylic acids is 1. The van der Waals surface area contributed by atoms with E-state index in [-0.39, 0.29) is 23.0 Å². The zero-order valence-corrected chi connectivity index (χ0v) is 18.9. The lowest BCUT2D eigenvalue weighted by Gasteiger charge is -2.15. The van der Waals surface area contributed by atoms with Gasteiger partial charge in [-0.2, -0.15) is 0 Å². The van der Waals surface area contributed by atoms with Crippen LogP contribution in [0.25, 0.3) is 15.9 Å². The molecule has 2 aromatic carbocycles. The first-order valence-electron chi connectivity index (χ1n) is 9.61. The molecule has 8 heteroatoms. The predicted octanol–water partition coefficient (Wildman–Crippen LogP) is 5.24. The molecule has 0 aliphatic heterocycles. The van der Waals surface area contributed by atoms with Crippen molar-refractivity contribution >= 4 is 44.9 Å². The molecule has 0 spiro atoms. The van der Waals surface area contributed by atoms with Crippen molar-refractivity contribution in [2.45, 2.75) is 25.9 Å². The van der Waals surface area contributed by atoms with Crippen molar-refractivity contribution < 1.29 is 9.18 Å². The first-order chi connectivity index (χ1) is 14.8. The predicted molar refractivity (Wildman–Crippen MR) is 125 cm³/mol. The Hall–Kier alpha value is -2.97. The SMILES string of the molecule is Cc1cc(F)ccc1-n1c(SCC(=O)Nc2c(C)cccc2C)nc2ccsc2c1=O. The maximum atomic E-state index is 13.6. The van der Waals surface area contributed by atoms with Gasteiger partial charge in [0.25, 0.3) is 5.56 Å². The number of aryl methyl sites for hydroxylation is 3. The topological polar surface area (TPSA) is 64.0 Å². The van der Waals surface area contributed by atoms with Crippen LogP contribution < -0.4 is 10.9 Å². The lowest BCUT2D eigenvalue weighted by atomic mass is 10.1. The van der Waals surface area contributed by atoms with Crippen LogP contribution in [0.4, 0.5) is 10.1 Å². The molecule has 4 rings (SSSR count). The van der Waals surface area contributed by atoms with Gasteiger partial charge in [-0.05, 0) is 67.1 Å². The monoisotopic (exact) mass is 453 g/mol. The summed E-state index contributed by atoms with van der Waals surface area (Å²) in [6, 6.07) is 11.9. The highest BCUT2D eigenvalue weighted by Gasteiger charge is 2.17. The average molecular weight is 454 g/mol. The van der Waals surface area contributed by atoms with Crippen LogP contribution in [-0.2, 0) is 4.79 Å². The van der Waals surface area contributed by atoms with Gasteiger partial charge in [0.15, 0.2) is 5.16 Å². The maximum Gasteiger partial charge on any atom is 0.276 e. The molecule has 0 radical (unpaired) electrons. The number of hydrogen-bond acceptors (Lipinski definition) is 5. The summed E-state index contributed by atoms with van der Waals surface area (Å²) in [6.45, 7) is 5.62.